The number of aliphatic hydroxyl groups is 1. The predicted molar refractivity (Wildman–Crippen MR) is 134 cm³/mol. The first kappa shape index (κ1) is 27.7. The highest BCUT2D eigenvalue weighted by molar-refractivity contribution is 5.94. The number of benzene rings is 1. The van der Waals surface area contributed by atoms with Crippen molar-refractivity contribution in [3.05, 3.63) is 89.4 Å². The molecule has 3 atom stereocenters. The van der Waals surface area contributed by atoms with Gasteiger partial charge in [-0.3, -0.25) is 4.79 Å². The molecular formula is C27H32N2O8. The summed E-state index contributed by atoms with van der Waals surface area (Å²) < 4.78 is 11.2. The molecule has 0 saturated carbocycles. The maximum atomic E-state index is 13.5. The Morgan fingerprint density at radius 3 is 2.78 bits per heavy atom. The molecular weight excluding hydrogens is 480 g/mol. The van der Waals surface area contributed by atoms with Crippen molar-refractivity contribution in [2.24, 2.45) is 5.73 Å². The van der Waals surface area contributed by atoms with E-state index < -0.39 is 30.3 Å². The van der Waals surface area contributed by atoms with Crippen LogP contribution in [0.3, 0.4) is 0 Å². The number of allylic oxidation sites excluding steroid dienone is 4. The molecule has 0 radical (unpaired) electrons. The molecule has 0 fully saturated rings. The second-order valence-corrected chi connectivity index (χ2v) is 8.43. The van der Waals surface area contributed by atoms with Gasteiger partial charge in [0, 0.05) is 12.1 Å². The quantitative estimate of drug-likeness (QED) is 0.427. The second kappa shape index (κ2) is 13.4. The summed E-state index contributed by atoms with van der Waals surface area (Å²) in [4.78, 5) is 42.3. The van der Waals surface area contributed by atoms with E-state index in [9.17, 15) is 14.7 Å². The Morgan fingerprint density at radius 1 is 1.19 bits per heavy atom. The van der Waals surface area contributed by atoms with Crippen LogP contribution in [-0.2, 0) is 30.4 Å². The molecule has 198 valence electrons. The van der Waals surface area contributed by atoms with Crippen molar-refractivity contribution >= 4 is 11.9 Å². The first-order chi connectivity index (χ1) is 17.8. The Kier molecular flexibility index (Phi) is 10.1. The second-order valence-electron chi connectivity index (χ2n) is 8.43. The molecule has 2 bridgehead atoms. The van der Waals surface area contributed by atoms with E-state index in [1.165, 1.54) is 19.4 Å². The number of ether oxygens (including phenoxy) is 2. The standard InChI is InChI=1S/C27H32N2O8/c1-18-12-14-20-7-4-11-24-26(20)27(32)36-22(17-25(31)35-19(2)13-15-23(18)30)10-5-8-21(28)9-6-16-34-29(33-3)37-24/h4-9,11-13,15-16,19,22-23,30H,10,14,17,28H2,1-3H3/t19-,22-,23-/m1/s1. The first-order valence-electron chi connectivity index (χ1n) is 11.8. The molecule has 10 nitrogen and oxygen atoms in total. The average molecular weight is 513 g/mol. The van der Waals surface area contributed by atoms with E-state index in [1.807, 2.05) is 0 Å². The molecule has 0 unspecified atom stereocenters. The number of aliphatic hydroxyl groups excluding tert-OH is 1. The van der Waals surface area contributed by atoms with Gasteiger partial charge in [0.1, 0.15) is 24.0 Å². The molecule has 0 aromatic heterocycles. The molecule has 0 aliphatic carbocycles. The summed E-state index contributed by atoms with van der Waals surface area (Å²) in [6.07, 6.45) is 10.7. The van der Waals surface area contributed by atoms with Crippen LogP contribution in [-0.4, -0.2) is 47.9 Å². The Morgan fingerprint density at radius 2 is 2.00 bits per heavy atom. The summed E-state index contributed by atoms with van der Waals surface area (Å²) >= 11 is 0. The zero-order valence-corrected chi connectivity index (χ0v) is 21.0. The van der Waals surface area contributed by atoms with E-state index in [0.717, 1.165) is 0 Å². The Balaban J connectivity index is 2.11. The summed E-state index contributed by atoms with van der Waals surface area (Å²) in [5, 5.41) is 11.2. The smallest absolute Gasteiger partial charge is 0.342 e. The van der Waals surface area contributed by atoms with Gasteiger partial charge in [0.15, 0.2) is 11.1 Å². The van der Waals surface area contributed by atoms with E-state index >= 15 is 0 Å². The number of hydrogen-bond acceptors (Lipinski definition) is 10. The Bertz CT molecular complexity index is 1120. The van der Waals surface area contributed by atoms with Crippen molar-refractivity contribution in [3.63, 3.8) is 0 Å². The number of esters is 2. The van der Waals surface area contributed by atoms with E-state index in [4.69, 9.17) is 29.7 Å². The van der Waals surface area contributed by atoms with Gasteiger partial charge in [-0.15, -0.1) is 0 Å². The highest BCUT2D eigenvalue weighted by atomic mass is 17.2. The van der Waals surface area contributed by atoms with Crippen LogP contribution in [0.5, 0.6) is 5.75 Å². The molecule has 2 heterocycles. The summed E-state index contributed by atoms with van der Waals surface area (Å²) in [6.45, 7) is 3.45. The van der Waals surface area contributed by atoms with Crippen LogP contribution < -0.4 is 10.6 Å². The lowest BCUT2D eigenvalue weighted by Gasteiger charge is -2.21. The van der Waals surface area contributed by atoms with Crippen molar-refractivity contribution < 1.29 is 38.7 Å². The monoisotopic (exact) mass is 512 g/mol. The van der Waals surface area contributed by atoms with Gasteiger partial charge in [-0.25, -0.2) is 9.63 Å². The van der Waals surface area contributed by atoms with Crippen LogP contribution in [0.1, 0.15) is 42.6 Å². The number of nitrogens with zero attached hydrogens (tertiary/aromatic N) is 1. The lowest BCUT2D eigenvalue weighted by molar-refractivity contribution is -0.462. The molecule has 2 aliphatic heterocycles. The molecule has 3 N–H and O–H groups in total. The van der Waals surface area contributed by atoms with Crippen LogP contribution in [0.2, 0.25) is 0 Å². The SMILES string of the molecule is CON1OC=CC=C(N)C=CC[C@@H]2CC(=O)O[C@H](C)C=C[C@@H](O)C(C)=CCc3cccc(c3C(=O)O2)O1. The maximum Gasteiger partial charge on any atom is 0.342 e. The van der Waals surface area contributed by atoms with Crippen LogP contribution in [0.4, 0.5) is 0 Å². The fourth-order valence-corrected chi connectivity index (χ4v) is 3.55. The highest BCUT2D eigenvalue weighted by Crippen LogP contribution is 2.27. The van der Waals surface area contributed by atoms with E-state index in [0.29, 0.717) is 28.6 Å². The molecule has 37 heavy (non-hydrogen) atoms. The Hall–Kier alpha value is -3.86. The Labute approximate surface area is 215 Å². The van der Waals surface area contributed by atoms with Gasteiger partial charge in [-0.2, -0.15) is 0 Å². The lowest BCUT2D eigenvalue weighted by Crippen LogP contribution is -2.27. The predicted octanol–water partition coefficient (Wildman–Crippen LogP) is 3.36. The summed E-state index contributed by atoms with van der Waals surface area (Å²) in [5.41, 5.74) is 7.70. The number of nitrogens with two attached hydrogens (primary N) is 1. The van der Waals surface area contributed by atoms with Gasteiger partial charge in [0.2, 0.25) is 0 Å². The minimum absolute atomic E-state index is 0.101. The summed E-state index contributed by atoms with van der Waals surface area (Å²) in [7, 11) is 1.32. The van der Waals surface area contributed by atoms with Gasteiger partial charge in [0.25, 0.3) is 0 Å². The summed E-state index contributed by atoms with van der Waals surface area (Å²) in [5.74, 6) is -1.17. The maximum absolute atomic E-state index is 13.5. The van der Waals surface area contributed by atoms with Crippen molar-refractivity contribution in [1.29, 1.82) is 0 Å². The van der Waals surface area contributed by atoms with Crippen LogP contribution in [0, 0.1) is 0 Å². The zero-order chi connectivity index (χ0) is 26.8. The fourth-order valence-electron chi connectivity index (χ4n) is 3.55. The highest BCUT2D eigenvalue weighted by Gasteiger charge is 2.26. The van der Waals surface area contributed by atoms with Crippen LogP contribution in [0.15, 0.2) is 78.3 Å². The first-order valence-corrected chi connectivity index (χ1v) is 11.8. The normalized spacial score (nSPS) is 24.2. The van der Waals surface area contributed by atoms with Crippen molar-refractivity contribution in [1.82, 2.24) is 5.39 Å². The minimum atomic E-state index is -0.896. The largest absolute Gasteiger partial charge is 0.458 e. The van der Waals surface area contributed by atoms with Gasteiger partial charge >= 0.3 is 11.9 Å². The van der Waals surface area contributed by atoms with Crippen molar-refractivity contribution in [2.75, 3.05) is 7.11 Å². The topological polar surface area (TPSA) is 130 Å². The number of carbonyl (C=O) groups is 2. The van der Waals surface area contributed by atoms with Crippen LogP contribution in [0.25, 0.3) is 0 Å². The van der Waals surface area contributed by atoms with Crippen molar-refractivity contribution in [2.45, 2.75) is 51.4 Å². The number of hydrogen-bond donors (Lipinski definition) is 2. The number of cyclic esters (lactones) is 1. The van der Waals surface area contributed by atoms with Gasteiger partial charge < -0.3 is 30.0 Å². The minimum Gasteiger partial charge on any atom is -0.458 e. The molecule has 10 heteroatoms. The summed E-state index contributed by atoms with van der Waals surface area (Å²) in [6, 6.07) is 5.01. The third kappa shape index (κ3) is 8.35. The van der Waals surface area contributed by atoms with E-state index in [-0.39, 0.29) is 24.2 Å². The average Bonchev–Trinajstić information content (AvgIpc) is 2.86. The molecule has 2 aliphatic rings. The molecule has 0 spiro atoms. The lowest BCUT2D eigenvalue weighted by atomic mass is 10.0. The zero-order valence-electron chi connectivity index (χ0n) is 21.0. The van der Waals surface area contributed by atoms with E-state index in [2.05, 4.69) is 0 Å². The molecule has 1 aromatic rings. The number of fused-ring (bicyclic) bond motifs is 2. The number of carbonyl (C=O) groups excluding carboxylic acids is 2. The molecule has 3 rings (SSSR count). The van der Waals surface area contributed by atoms with Crippen LogP contribution >= 0.6 is 0 Å². The molecule has 0 amide bonds. The third-order valence-electron chi connectivity index (χ3n) is 5.52. The van der Waals surface area contributed by atoms with Gasteiger partial charge in [-0.05, 0) is 61.8 Å². The van der Waals surface area contributed by atoms with E-state index in [1.54, 1.807) is 68.5 Å². The molecule has 1 aromatic carbocycles. The fraction of sp³-hybridized carbons (Fsp3) is 0.333. The van der Waals surface area contributed by atoms with Gasteiger partial charge in [0.05, 0.1) is 19.6 Å². The van der Waals surface area contributed by atoms with Crippen molar-refractivity contribution in [3.8, 4) is 5.75 Å². The van der Waals surface area contributed by atoms with Gasteiger partial charge in [-0.1, -0.05) is 30.4 Å². The third-order valence-corrected chi connectivity index (χ3v) is 5.52. The molecule has 0 saturated heterocycles. The number of rotatable bonds is 1.